The molecular formula is C20H24N2O5S. The average Bonchev–Trinajstić information content (AvgIpc) is 2.67. The van der Waals surface area contributed by atoms with Gasteiger partial charge >= 0.3 is 0 Å². The Morgan fingerprint density at radius 2 is 1.82 bits per heavy atom. The van der Waals surface area contributed by atoms with E-state index in [0.29, 0.717) is 48.4 Å². The number of anilines is 1. The molecule has 0 atom stereocenters. The Hall–Kier alpha value is -2.74. The van der Waals surface area contributed by atoms with Crippen LogP contribution in [0.4, 0.5) is 5.69 Å². The highest BCUT2D eigenvalue weighted by Crippen LogP contribution is 2.32. The summed E-state index contributed by atoms with van der Waals surface area (Å²) in [5.41, 5.74) is 0.706. The number of carbonyl (C=O) groups excluding carboxylic acids is 1. The van der Waals surface area contributed by atoms with Crippen LogP contribution in [0.15, 0.2) is 47.4 Å². The van der Waals surface area contributed by atoms with Crippen LogP contribution in [-0.2, 0) is 10.0 Å². The molecule has 1 aliphatic rings. The van der Waals surface area contributed by atoms with E-state index in [1.54, 1.807) is 24.3 Å². The molecule has 0 bridgehead atoms. The van der Waals surface area contributed by atoms with Crippen molar-refractivity contribution in [1.82, 2.24) is 5.32 Å². The van der Waals surface area contributed by atoms with Crippen molar-refractivity contribution < 1.29 is 22.7 Å². The van der Waals surface area contributed by atoms with Crippen LogP contribution in [0.1, 0.15) is 30.6 Å². The molecule has 1 amide bonds. The fourth-order valence-corrected chi connectivity index (χ4v) is 3.77. The second-order valence-corrected chi connectivity index (χ2v) is 8.61. The fourth-order valence-electron chi connectivity index (χ4n) is 2.71. The van der Waals surface area contributed by atoms with Crippen LogP contribution in [0.3, 0.4) is 0 Å². The predicted molar refractivity (Wildman–Crippen MR) is 106 cm³/mol. The maximum Gasteiger partial charge on any atom is 0.262 e. The van der Waals surface area contributed by atoms with E-state index >= 15 is 0 Å². The Bertz CT molecular complexity index is 957. The zero-order valence-corrected chi connectivity index (χ0v) is 16.7. The summed E-state index contributed by atoms with van der Waals surface area (Å²) < 4.78 is 38.8. The molecule has 1 aliphatic heterocycles. The molecular weight excluding hydrogens is 380 g/mol. The highest BCUT2D eigenvalue weighted by Gasteiger charge is 2.20. The van der Waals surface area contributed by atoms with Gasteiger partial charge in [-0.1, -0.05) is 19.9 Å². The van der Waals surface area contributed by atoms with Crippen LogP contribution in [0.2, 0.25) is 0 Å². The molecule has 0 spiro atoms. The number of sulfonamides is 1. The van der Waals surface area contributed by atoms with E-state index in [0.717, 1.165) is 6.42 Å². The Kier molecular flexibility index (Phi) is 6.08. The second-order valence-electron chi connectivity index (χ2n) is 6.93. The number of benzene rings is 2. The van der Waals surface area contributed by atoms with Crippen molar-refractivity contribution in [3.05, 3.63) is 48.0 Å². The highest BCUT2D eigenvalue weighted by atomic mass is 32.2. The molecule has 2 aromatic carbocycles. The second kappa shape index (κ2) is 8.52. The molecule has 2 N–H and O–H groups in total. The van der Waals surface area contributed by atoms with Gasteiger partial charge in [0.2, 0.25) is 0 Å². The van der Waals surface area contributed by atoms with Gasteiger partial charge in [-0.25, -0.2) is 8.42 Å². The first kappa shape index (κ1) is 20.0. The quantitative estimate of drug-likeness (QED) is 0.740. The Morgan fingerprint density at radius 1 is 1.07 bits per heavy atom. The number of nitrogens with one attached hydrogen (secondary N) is 2. The van der Waals surface area contributed by atoms with Crippen LogP contribution < -0.4 is 19.5 Å². The molecule has 2 aromatic rings. The number of fused-ring (bicyclic) bond motifs is 1. The third-order valence-corrected chi connectivity index (χ3v) is 5.59. The summed E-state index contributed by atoms with van der Waals surface area (Å²) in [6, 6.07) is 10.9. The number of ether oxygens (including phenoxy) is 2. The molecule has 0 aliphatic carbocycles. The van der Waals surface area contributed by atoms with Gasteiger partial charge in [0, 0.05) is 23.9 Å². The van der Waals surface area contributed by atoms with Crippen molar-refractivity contribution in [1.29, 1.82) is 0 Å². The Labute approximate surface area is 165 Å². The van der Waals surface area contributed by atoms with E-state index in [1.807, 2.05) is 0 Å². The minimum atomic E-state index is -3.83. The van der Waals surface area contributed by atoms with Gasteiger partial charge in [0.25, 0.3) is 15.9 Å². The lowest BCUT2D eigenvalue weighted by molar-refractivity contribution is 0.0952. The number of hydrogen-bond acceptors (Lipinski definition) is 5. The molecule has 0 saturated heterocycles. The summed E-state index contributed by atoms with van der Waals surface area (Å²) in [7, 11) is -3.83. The summed E-state index contributed by atoms with van der Waals surface area (Å²) in [5.74, 6) is 1.17. The normalized spacial score (nSPS) is 13.2. The lowest BCUT2D eigenvalue weighted by Gasteiger charge is -2.19. The predicted octanol–water partition coefficient (Wildman–Crippen LogP) is 3.03. The lowest BCUT2D eigenvalue weighted by atomic mass is 10.1. The molecule has 0 aromatic heterocycles. The first-order valence-electron chi connectivity index (χ1n) is 9.16. The summed E-state index contributed by atoms with van der Waals surface area (Å²) in [5, 5.41) is 2.84. The van der Waals surface area contributed by atoms with Crippen LogP contribution in [-0.4, -0.2) is 34.1 Å². The SMILES string of the molecule is CC(C)CCNC(=O)c1cccc(NS(=O)(=O)c2ccc3c(c2)OCCO3)c1. The molecule has 3 rings (SSSR count). The smallest absolute Gasteiger partial charge is 0.262 e. The zero-order valence-electron chi connectivity index (χ0n) is 15.9. The Morgan fingerprint density at radius 3 is 2.57 bits per heavy atom. The van der Waals surface area contributed by atoms with Crippen LogP contribution in [0.25, 0.3) is 0 Å². The molecule has 0 fully saturated rings. The van der Waals surface area contributed by atoms with Gasteiger partial charge in [-0.15, -0.1) is 0 Å². The highest BCUT2D eigenvalue weighted by molar-refractivity contribution is 7.92. The molecule has 0 unspecified atom stereocenters. The van der Waals surface area contributed by atoms with E-state index in [9.17, 15) is 13.2 Å². The topological polar surface area (TPSA) is 93.7 Å². The van der Waals surface area contributed by atoms with Crippen LogP contribution >= 0.6 is 0 Å². The maximum atomic E-state index is 12.7. The van der Waals surface area contributed by atoms with Crippen molar-refractivity contribution >= 4 is 21.6 Å². The number of amides is 1. The maximum absolute atomic E-state index is 12.7. The van der Waals surface area contributed by atoms with E-state index < -0.39 is 10.0 Å². The van der Waals surface area contributed by atoms with Gasteiger partial charge in [-0.05, 0) is 42.7 Å². The number of carbonyl (C=O) groups is 1. The largest absolute Gasteiger partial charge is 0.486 e. The summed E-state index contributed by atoms with van der Waals surface area (Å²) in [4.78, 5) is 12.3. The van der Waals surface area contributed by atoms with Crippen LogP contribution in [0, 0.1) is 5.92 Å². The summed E-state index contributed by atoms with van der Waals surface area (Å²) in [6.45, 7) is 5.55. The first-order chi connectivity index (χ1) is 13.3. The van der Waals surface area contributed by atoms with Crippen molar-refractivity contribution in [2.75, 3.05) is 24.5 Å². The first-order valence-corrected chi connectivity index (χ1v) is 10.6. The van der Waals surface area contributed by atoms with Gasteiger partial charge in [0.1, 0.15) is 13.2 Å². The monoisotopic (exact) mass is 404 g/mol. The van der Waals surface area contributed by atoms with E-state index in [2.05, 4.69) is 23.9 Å². The van der Waals surface area contributed by atoms with E-state index in [-0.39, 0.29) is 10.8 Å². The molecule has 28 heavy (non-hydrogen) atoms. The fraction of sp³-hybridized carbons (Fsp3) is 0.350. The third kappa shape index (κ3) is 4.95. The molecule has 150 valence electrons. The van der Waals surface area contributed by atoms with Gasteiger partial charge < -0.3 is 14.8 Å². The molecule has 7 nitrogen and oxygen atoms in total. The van der Waals surface area contributed by atoms with Crippen LogP contribution in [0.5, 0.6) is 11.5 Å². The molecule has 1 heterocycles. The molecule has 0 saturated carbocycles. The Balaban J connectivity index is 1.73. The van der Waals surface area contributed by atoms with Gasteiger partial charge in [-0.3, -0.25) is 9.52 Å². The van der Waals surface area contributed by atoms with Gasteiger partial charge in [-0.2, -0.15) is 0 Å². The average molecular weight is 404 g/mol. The standard InChI is InChI=1S/C20H24N2O5S/c1-14(2)8-9-21-20(23)15-4-3-5-16(12-15)22-28(24,25)17-6-7-18-19(13-17)27-11-10-26-18/h3-7,12-14,22H,8-11H2,1-2H3,(H,21,23). The van der Waals surface area contributed by atoms with Crippen molar-refractivity contribution in [3.63, 3.8) is 0 Å². The zero-order chi connectivity index (χ0) is 20.1. The molecule has 0 radical (unpaired) electrons. The number of hydrogen-bond donors (Lipinski definition) is 2. The van der Waals surface area contributed by atoms with Gasteiger partial charge in [0.15, 0.2) is 11.5 Å². The van der Waals surface area contributed by atoms with Crippen molar-refractivity contribution in [2.45, 2.75) is 25.2 Å². The summed E-state index contributed by atoms with van der Waals surface area (Å²) in [6.07, 6.45) is 0.877. The number of rotatable bonds is 7. The minimum Gasteiger partial charge on any atom is -0.486 e. The van der Waals surface area contributed by atoms with Crippen molar-refractivity contribution in [3.8, 4) is 11.5 Å². The van der Waals surface area contributed by atoms with Gasteiger partial charge in [0.05, 0.1) is 4.90 Å². The van der Waals surface area contributed by atoms with Crippen molar-refractivity contribution in [2.24, 2.45) is 5.92 Å². The van der Waals surface area contributed by atoms with E-state index in [1.165, 1.54) is 18.2 Å². The summed E-state index contributed by atoms with van der Waals surface area (Å²) >= 11 is 0. The third-order valence-electron chi connectivity index (χ3n) is 4.21. The lowest BCUT2D eigenvalue weighted by Crippen LogP contribution is -2.25. The van der Waals surface area contributed by atoms with E-state index in [4.69, 9.17) is 9.47 Å². The minimum absolute atomic E-state index is 0.0588. The molecule has 8 heteroatoms.